The zero-order valence-corrected chi connectivity index (χ0v) is 15.2. The monoisotopic (exact) mass is 397 g/mol. The van der Waals surface area contributed by atoms with Crippen molar-refractivity contribution in [2.24, 2.45) is 0 Å². The first kappa shape index (κ1) is 17.0. The molecule has 7 nitrogen and oxygen atoms in total. The third-order valence-electron chi connectivity index (χ3n) is 4.57. The standard InChI is InChI=1S/C19H13ClFN5O2/c20-13-5-1-12(2-6-13)18-22-19(28-24-18)17-15-10-27-16(9-26(15)25-23-17)11-3-7-14(21)8-4-11/h1-8,16H,9-10H2/t16-/m0/s1. The van der Waals surface area contributed by atoms with Gasteiger partial charge in [-0.25, -0.2) is 9.07 Å². The van der Waals surface area contributed by atoms with E-state index in [0.717, 1.165) is 16.8 Å². The Morgan fingerprint density at radius 1 is 1.07 bits per heavy atom. The molecule has 0 radical (unpaired) electrons. The number of aromatic nitrogens is 5. The van der Waals surface area contributed by atoms with Crippen LogP contribution in [0.25, 0.3) is 23.0 Å². The van der Waals surface area contributed by atoms with E-state index < -0.39 is 0 Å². The summed E-state index contributed by atoms with van der Waals surface area (Å²) in [5, 5.41) is 13.0. The smallest absolute Gasteiger partial charge is 0.280 e. The van der Waals surface area contributed by atoms with Crippen molar-refractivity contribution in [2.75, 3.05) is 0 Å². The minimum absolute atomic E-state index is 0.227. The van der Waals surface area contributed by atoms with Crippen LogP contribution in [-0.4, -0.2) is 25.1 Å². The molecule has 1 aliphatic rings. The van der Waals surface area contributed by atoms with E-state index in [2.05, 4.69) is 20.5 Å². The van der Waals surface area contributed by atoms with Crippen LogP contribution < -0.4 is 0 Å². The quantitative estimate of drug-likeness (QED) is 0.518. The second-order valence-electron chi connectivity index (χ2n) is 6.35. The molecule has 0 N–H and O–H groups in total. The number of nitrogens with zero attached hydrogens (tertiary/aromatic N) is 5. The molecule has 28 heavy (non-hydrogen) atoms. The molecule has 0 bridgehead atoms. The van der Waals surface area contributed by atoms with Crippen molar-refractivity contribution >= 4 is 11.6 Å². The average molecular weight is 398 g/mol. The SMILES string of the molecule is Fc1ccc([C@@H]2Cn3nnc(-c4nc(-c5ccc(Cl)cc5)no4)c3CO2)cc1. The predicted octanol–water partition coefficient (Wildman–Crippen LogP) is 4.06. The van der Waals surface area contributed by atoms with Gasteiger partial charge >= 0.3 is 0 Å². The minimum atomic E-state index is -0.281. The molecule has 2 aromatic carbocycles. The van der Waals surface area contributed by atoms with Crippen LogP contribution in [0.2, 0.25) is 5.02 Å². The molecule has 1 atom stereocenters. The van der Waals surface area contributed by atoms with E-state index >= 15 is 0 Å². The molecule has 0 amide bonds. The fourth-order valence-corrected chi connectivity index (χ4v) is 3.22. The Morgan fingerprint density at radius 2 is 1.86 bits per heavy atom. The first-order valence-corrected chi connectivity index (χ1v) is 8.94. The van der Waals surface area contributed by atoms with Crippen molar-refractivity contribution in [1.82, 2.24) is 25.1 Å². The van der Waals surface area contributed by atoms with Gasteiger partial charge in [0.15, 0.2) is 5.69 Å². The summed E-state index contributed by atoms with van der Waals surface area (Å²) in [6, 6.07) is 13.4. The minimum Gasteiger partial charge on any atom is -0.365 e. The Labute approximate surface area is 163 Å². The lowest BCUT2D eigenvalue weighted by atomic mass is 10.1. The third kappa shape index (κ3) is 3.06. The lowest BCUT2D eigenvalue weighted by Crippen LogP contribution is -2.22. The molecule has 0 unspecified atom stereocenters. The summed E-state index contributed by atoms with van der Waals surface area (Å²) >= 11 is 5.91. The molecule has 140 valence electrons. The van der Waals surface area contributed by atoms with Gasteiger partial charge in [-0.2, -0.15) is 4.98 Å². The maximum atomic E-state index is 13.1. The van der Waals surface area contributed by atoms with Crippen LogP contribution in [0.4, 0.5) is 4.39 Å². The number of fused-ring (bicyclic) bond motifs is 1. The van der Waals surface area contributed by atoms with E-state index in [1.807, 2.05) is 12.1 Å². The van der Waals surface area contributed by atoms with E-state index in [1.54, 1.807) is 28.9 Å². The summed E-state index contributed by atoms with van der Waals surface area (Å²) in [5.74, 6) is 0.431. The average Bonchev–Trinajstić information content (AvgIpc) is 3.35. The Hall–Kier alpha value is -3.10. The molecule has 0 saturated carbocycles. The summed E-state index contributed by atoms with van der Waals surface area (Å²) in [5.41, 5.74) is 2.91. The summed E-state index contributed by atoms with van der Waals surface area (Å²) in [4.78, 5) is 4.41. The highest BCUT2D eigenvalue weighted by atomic mass is 35.5. The van der Waals surface area contributed by atoms with Crippen LogP contribution in [0.1, 0.15) is 17.4 Å². The number of halogens is 2. The van der Waals surface area contributed by atoms with Gasteiger partial charge in [-0.1, -0.05) is 34.1 Å². The number of ether oxygens (including phenoxy) is 1. The maximum absolute atomic E-state index is 13.1. The van der Waals surface area contributed by atoms with E-state index in [-0.39, 0.29) is 24.4 Å². The van der Waals surface area contributed by atoms with Gasteiger partial charge in [0, 0.05) is 10.6 Å². The largest absolute Gasteiger partial charge is 0.365 e. The second kappa shape index (κ2) is 6.81. The van der Waals surface area contributed by atoms with Crippen LogP contribution in [0.3, 0.4) is 0 Å². The number of hydrogen-bond acceptors (Lipinski definition) is 6. The van der Waals surface area contributed by atoms with Gasteiger partial charge in [-0.15, -0.1) is 5.10 Å². The third-order valence-corrected chi connectivity index (χ3v) is 4.82. The van der Waals surface area contributed by atoms with Crippen LogP contribution in [0, 0.1) is 5.82 Å². The number of rotatable bonds is 3. The van der Waals surface area contributed by atoms with Crippen LogP contribution in [0.15, 0.2) is 53.1 Å². The lowest BCUT2D eigenvalue weighted by Gasteiger charge is -2.24. The van der Waals surface area contributed by atoms with Crippen LogP contribution in [0.5, 0.6) is 0 Å². The maximum Gasteiger partial charge on any atom is 0.280 e. The zero-order chi connectivity index (χ0) is 19.1. The van der Waals surface area contributed by atoms with Gasteiger partial charge in [-0.3, -0.25) is 0 Å². The Bertz CT molecular complexity index is 1120. The molecule has 4 aromatic rings. The normalized spacial score (nSPS) is 16.1. The Kier molecular flexibility index (Phi) is 4.14. The highest BCUT2D eigenvalue weighted by molar-refractivity contribution is 6.30. The predicted molar refractivity (Wildman–Crippen MR) is 97.7 cm³/mol. The first-order chi connectivity index (χ1) is 13.7. The van der Waals surface area contributed by atoms with Crippen molar-refractivity contribution in [3.63, 3.8) is 0 Å². The second-order valence-corrected chi connectivity index (χ2v) is 6.78. The van der Waals surface area contributed by atoms with Crippen molar-refractivity contribution in [2.45, 2.75) is 19.3 Å². The molecule has 1 aliphatic heterocycles. The fourth-order valence-electron chi connectivity index (χ4n) is 3.09. The summed E-state index contributed by atoms with van der Waals surface area (Å²) in [7, 11) is 0. The molecule has 3 heterocycles. The highest BCUT2D eigenvalue weighted by Gasteiger charge is 2.28. The van der Waals surface area contributed by atoms with Gasteiger partial charge in [0.25, 0.3) is 5.89 Å². The molecule has 0 spiro atoms. The van der Waals surface area contributed by atoms with Gasteiger partial charge in [0.2, 0.25) is 5.82 Å². The fraction of sp³-hybridized carbons (Fsp3) is 0.158. The van der Waals surface area contributed by atoms with E-state index in [0.29, 0.717) is 23.1 Å². The van der Waals surface area contributed by atoms with Gasteiger partial charge in [0.05, 0.1) is 18.8 Å². The van der Waals surface area contributed by atoms with Gasteiger partial charge < -0.3 is 9.26 Å². The molecular formula is C19H13ClFN5O2. The van der Waals surface area contributed by atoms with Crippen molar-refractivity contribution < 1.29 is 13.7 Å². The topological polar surface area (TPSA) is 78.9 Å². The molecule has 0 aliphatic carbocycles. The molecule has 0 fully saturated rings. The van der Waals surface area contributed by atoms with Crippen molar-refractivity contribution in [3.05, 3.63) is 70.6 Å². The zero-order valence-electron chi connectivity index (χ0n) is 14.4. The van der Waals surface area contributed by atoms with Gasteiger partial charge in [-0.05, 0) is 42.0 Å². The molecule has 2 aromatic heterocycles. The molecule has 5 rings (SSSR count). The highest BCUT2D eigenvalue weighted by Crippen LogP contribution is 2.31. The molecular weight excluding hydrogens is 385 g/mol. The van der Waals surface area contributed by atoms with Crippen LogP contribution in [-0.2, 0) is 17.9 Å². The van der Waals surface area contributed by atoms with Gasteiger partial charge in [0.1, 0.15) is 11.9 Å². The Balaban J connectivity index is 1.41. The number of benzene rings is 2. The van der Waals surface area contributed by atoms with E-state index in [9.17, 15) is 4.39 Å². The molecule has 0 saturated heterocycles. The number of hydrogen-bond donors (Lipinski definition) is 0. The summed E-state index contributed by atoms with van der Waals surface area (Å²) in [6.45, 7) is 0.745. The summed E-state index contributed by atoms with van der Waals surface area (Å²) < 4.78 is 26.2. The Morgan fingerprint density at radius 3 is 2.64 bits per heavy atom. The van der Waals surface area contributed by atoms with Crippen LogP contribution >= 0.6 is 11.6 Å². The first-order valence-electron chi connectivity index (χ1n) is 8.57. The van der Waals surface area contributed by atoms with Crippen molar-refractivity contribution in [3.8, 4) is 23.0 Å². The van der Waals surface area contributed by atoms with E-state index in [1.165, 1.54) is 12.1 Å². The summed E-state index contributed by atoms with van der Waals surface area (Å²) in [6.07, 6.45) is -0.227. The lowest BCUT2D eigenvalue weighted by molar-refractivity contribution is -0.00120. The van der Waals surface area contributed by atoms with Crippen molar-refractivity contribution in [1.29, 1.82) is 0 Å². The van der Waals surface area contributed by atoms with E-state index in [4.69, 9.17) is 20.9 Å². The molecule has 9 heteroatoms.